The summed E-state index contributed by atoms with van der Waals surface area (Å²) in [6.07, 6.45) is 7.76. The van der Waals surface area contributed by atoms with E-state index in [2.05, 4.69) is 33.9 Å². The van der Waals surface area contributed by atoms with E-state index in [0.717, 1.165) is 39.1 Å². The molecule has 6 aliphatic rings. The van der Waals surface area contributed by atoms with E-state index in [1.165, 1.54) is 60.1 Å². The molecule has 5 saturated heterocycles. The fraction of sp³-hybridized carbons (Fsp3) is 0.588. The molecule has 0 aromatic heterocycles. The number of nitrogens with two attached hydrogens (primary N) is 4. The van der Waals surface area contributed by atoms with Crippen molar-refractivity contribution in [3.05, 3.63) is 71.8 Å². The van der Waals surface area contributed by atoms with Gasteiger partial charge in [0.1, 0.15) is 23.1 Å². The van der Waals surface area contributed by atoms with Gasteiger partial charge in [-0.3, -0.25) is 76.9 Å². The van der Waals surface area contributed by atoms with Crippen molar-refractivity contribution in [1.82, 2.24) is 40.9 Å². The van der Waals surface area contributed by atoms with Gasteiger partial charge in [-0.05, 0) is 138 Å². The number of thiol groups is 1. The highest BCUT2D eigenvalue weighted by Gasteiger charge is 2.44. The lowest BCUT2D eigenvalue weighted by atomic mass is 9.77. The van der Waals surface area contributed by atoms with Gasteiger partial charge in [0.2, 0.25) is 47.3 Å². The molecule has 0 radical (unpaired) electrons. The van der Waals surface area contributed by atoms with E-state index in [9.17, 15) is 97.4 Å². The average molecular weight is 1490 g/mol. The van der Waals surface area contributed by atoms with Crippen LogP contribution in [0.4, 0.5) is 0 Å². The van der Waals surface area contributed by atoms with E-state index in [1.54, 1.807) is 24.3 Å². The molecule has 36 heteroatoms. The maximum atomic E-state index is 13.1. The number of rotatable bonds is 36. The third-order valence-corrected chi connectivity index (χ3v) is 21.1. The number of imide groups is 2. The quantitative estimate of drug-likeness (QED) is 0.0181. The lowest BCUT2D eigenvalue weighted by molar-refractivity contribution is -0.139. The van der Waals surface area contributed by atoms with Gasteiger partial charge < -0.3 is 84.3 Å². The highest BCUT2D eigenvalue weighted by atomic mass is 32.2. The van der Waals surface area contributed by atoms with Crippen molar-refractivity contribution in [1.29, 1.82) is 0 Å². The van der Waals surface area contributed by atoms with Crippen molar-refractivity contribution in [3.8, 4) is 11.5 Å². The predicted octanol–water partition coefficient (Wildman–Crippen LogP) is -3.20. The Morgan fingerprint density at radius 3 is 1.41 bits per heavy atom. The van der Waals surface area contributed by atoms with Gasteiger partial charge in [0, 0.05) is 94.8 Å². The second-order valence-electron chi connectivity index (χ2n) is 27.3. The molecule has 10 amide bonds. The van der Waals surface area contributed by atoms with Gasteiger partial charge in [0.05, 0.1) is 65.2 Å². The average Bonchev–Trinajstić information content (AvgIpc) is 1.69. The predicted molar refractivity (Wildman–Crippen MR) is 384 cm³/mol. The lowest BCUT2D eigenvalue weighted by Gasteiger charge is -2.26. The van der Waals surface area contributed by atoms with Gasteiger partial charge >= 0.3 is 14.2 Å². The van der Waals surface area contributed by atoms with Crippen LogP contribution in [-0.4, -0.2) is 251 Å². The minimum absolute atomic E-state index is 0.00996. The van der Waals surface area contributed by atoms with Crippen molar-refractivity contribution in [2.75, 3.05) is 50.8 Å². The highest BCUT2D eigenvalue weighted by molar-refractivity contribution is 8.00. The number of hydrogen-bond acceptors (Lipinski definition) is 26. The number of primary amides is 2. The van der Waals surface area contributed by atoms with Crippen LogP contribution >= 0.6 is 24.4 Å². The Balaban J connectivity index is 0.000000273. The summed E-state index contributed by atoms with van der Waals surface area (Å²) < 4.78 is 0. The monoisotopic (exact) mass is 1490 g/mol. The van der Waals surface area contributed by atoms with Crippen LogP contribution in [0.2, 0.25) is 0 Å². The second-order valence-corrected chi connectivity index (χ2v) is 28.9. The maximum absolute atomic E-state index is 13.1. The molecule has 0 bridgehead atoms. The third kappa shape index (κ3) is 25.7. The molecule has 6 aliphatic heterocycles. The highest BCUT2D eigenvalue weighted by Crippen LogP contribution is 2.31. The first kappa shape index (κ1) is 85.0. The summed E-state index contributed by atoms with van der Waals surface area (Å²) in [7, 11) is -3.13. The topological polar surface area (TPSA) is 526 Å². The van der Waals surface area contributed by atoms with Crippen molar-refractivity contribution in [2.45, 2.75) is 176 Å². The van der Waals surface area contributed by atoms with E-state index in [4.69, 9.17) is 22.9 Å². The number of hydrogen-bond donors (Lipinski definition) is 15. The summed E-state index contributed by atoms with van der Waals surface area (Å²) in [4.78, 5) is 177. The van der Waals surface area contributed by atoms with Crippen LogP contribution in [0, 0.1) is 23.7 Å². The first-order valence-electron chi connectivity index (χ1n) is 35.0. The van der Waals surface area contributed by atoms with Crippen LogP contribution in [0.1, 0.15) is 121 Å². The van der Waals surface area contributed by atoms with Gasteiger partial charge in [-0.15, -0.1) is 11.8 Å². The SMILES string of the molecule is C[C@@H](NC(=O)[C@@H](N)Cc1ccc(O)cc1)C(=O)C[C@@H](CS)C(N)=O.C[C@@H](NC(=O)[C@@H](N)Cc1ccc(O)cc1)C(=O)C[C@@H](CSC1CC(=O)N(CCCC(=O)CC2CN[C@H](C(=O)N3CCC[C@H]3B(O)O)C2)C1=O)C(N)=O.O=C(CCCN1C(=O)C=CC1=O)CC1CN[C@H](C(=O)N2CCC[C@H]2B(O)O)C1. The Bertz CT molecular complexity index is 3420. The Kier molecular flexibility index (Phi) is 33.6. The van der Waals surface area contributed by atoms with Crippen LogP contribution in [0.5, 0.6) is 11.5 Å². The van der Waals surface area contributed by atoms with Crippen molar-refractivity contribution >= 4 is 121 Å². The van der Waals surface area contributed by atoms with Crippen LogP contribution in [-0.2, 0) is 80.0 Å². The van der Waals surface area contributed by atoms with Crippen LogP contribution < -0.4 is 44.2 Å². The minimum atomic E-state index is -1.59. The van der Waals surface area contributed by atoms with Crippen molar-refractivity contribution in [2.24, 2.45) is 46.6 Å². The molecular weight excluding hydrogens is 1390 g/mol. The molecule has 6 heterocycles. The number of benzene rings is 2. The molecule has 2 aromatic rings. The smallest absolute Gasteiger partial charge is 0.475 e. The van der Waals surface area contributed by atoms with Gasteiger partial charge in [-0.25, -0.2) is 0 Å². The van der Waals surface area contributed by atoms with E-state index >= 15 is 0 Å². The van der Waals surface area contributed by atoms with Crippen LogP contribution in [0.25, 0.3) is 0 Å². The molecule has 568 valence electrons. The molecule has 3 unspecified atom stereocenters. The third-order valence-electron chi connectivity index (χ3n) is 19.3. The zero-order valence-electron chi connectivity index (χ0n) is 58.5. The minimum Gasteiger partial charge on any atom is -0.508 e. The Hall–Kier alpha value is -7.93. The van der Waals surface area contributed by atoms with Crippen molar-refractivity contribution < 1.29 is 97.4 Å². The van der Waals surface area contributed by atoms with E-state index < -0.39 is 121 Å². The summed E-state index contributed by atoms with van der Waals surface area (Å²) >= 11 is 5.05. The number of carbonyl (C=O) groups excluding carboxylic acids is 14. The summed E-state index contributed by atoms with van der Waals surface area (Å²) in [5.74, 6) is -7.39. The zero-order valence-corrected chi connectivity index (χ0v) is 60.2. The Labute approximate surface area is 613 Å². The number of phenolic OH excluding ortho intramolecular Hbond substituents is 2. The molecule has 5 fully saturated rings. The molecule has 8 rings (SSSR count). The number of ketones is 4. The number of thioether (sulfide) groups is 1. The first-order valence-corrected chi connectivity index (χ1v) is 36.7. The number of likely N-dealkylation sites (tertiary alicyclic amines) is 3. The molecule has 18 N–H and O–H groups in total. The molecule has 32 nitrogen and oxygen atoms in total. The van der Waals surface area contributed by atoms with Gasteiger partial charge in [-0.2, -0.15) is 12.6 Å². The number of amides is 10. The molecule has 0 aliphatic carbocycles. The largest absolute Gasteiger partial charge is 0.508 e. The fourth-order valence-electron chi connectivity index (χ4n) is 13.2. The molecular formula is C68H98B2N12O20S2. The number of aromatic hydroxyl groups is 2. The van der Waals surface area contributed by atoms with E-state index in [1.807, 2.05) is 0 Å². The van der Waals surface area contributed by atoms with E-state index in [-0.39, 0.29) is 147 Å². The zero-order chi connectivity index (χ0) is 76.6. The first-order chi connectivity index (χ1) is 49.2. The van der Waals surface area contributed by atoms with Crippen LogP contribution in [0.15, 0.2) is 60.7 Å². The normalized spacial score (nSPS) is 22.3. The van der Waals surface area contributed by atoms with Gasteiger partial charge in [0.25, 0.3) is 11.8 Å². The molecule has 0 spiro atoms. The Morgan fingerprint density at radius 2 is 1.02 bits per heavy atom. The fourth-order valence-corrected chi connectivity index (χ4v) is 14.8. The Morgan fingerprint density at radius 1 is 0.615 bits per heavy atom. The molecule has 0 saturated carbocycles. The number of nitrogens with one attached hydrogen (secondary N) is 4. The summed E-state index contributed by atoms with van der Waals surface area (Å²) in [5, 5.41) is 67.3. The van der Waals surface area contributed by atoms with Crippen molar-refractivity contribution in [3.63, 3.8) is 0 Å². The number of nitrogens with zero attached hydrogens (tertiary/aromatic N) is 4. The van der Waals surface area contributed by atoms with Gasteiger partial charge in [-0.1, -0.05) is 24.3 Å². The number of carbonyl (C=O) groups is 14. The summed E-state index contributed by atoms with van der Waals surface area (Å²) in [6, 6.07) is 8.15. The number of Topliss-reactive ketones (excluding diaryl/α,β-unsaturated/α-hetero) is 4. The maximum Gasteiger partial charge on any atom is 0.475 e. The van der Waals surface area contributed by atoms with Gasteiger partial charge in [0.15, 0.2) is 11.6 Å². The second kappa shape index (κ2) is 41.1. The summed E-state index contributed by atoms with van der Waals surface area (Å²) in [6.45, 7) is 5.33. The molecule has 104 heavy (non-hydrogen) atoms. The van der Waals surface area contributed by atoms with E-state index in [0.29, 0.717) is 71.1 Å². The summed E-state index contributed by atoms with van der Waals surface area (Å²) in [5.41, 5.74) is 24.1. The molecule has 2 aromatic carbocycles. The standard InChI is InChI=1S/C34H49BN6O10S.C18H26BN3O6.C16H23N3O4S/c1-19(39-32(47)25(36)13-20-6-8-23(42)9-7-20)27(44)15-22(31(37)46)18-52-28-16-30(45)41(34(28)49)11-2-4-24(43)12-21-14-26(38-17-21)33(48)40-10-3-5-29(40)35(50)51;23-13(3-1-8-22-16(24)5-6-17(22)25)9-12-10-14(20-11-12)18(26)21-7-2-4-15(21)19(27)28;1-9(14(21)7-11(8-24)15(18)22)19-16(23)13(17)6-10-2-4-12(20)5-3-10/h6-9,19,21-22,25-26,28-29,38,42,50-51H,2-5,10-18,36H2,1H3,(H2,37,46)(H,39,47);5-6,12,14-15,20,27-28H,1-4,7-11H2;2-5,9,11,13,20,24H,6-8,17H2,1H3,(H2,18,22)(H,19,23)/t19-,21?,22+,25+,26+,28?,29+;12?,14-,15-;9-,11+,13+/m101/s1. The molecule has 13 atom stereocenters. The number of phenols is 2. The van der Waals surface area contributed by atoms with Crippen LogP contribution in [0.3, 0.4) is 0 Å². The lowest BCUT2D eigenvalue weighted by Crippen LogP contribution is -2.51.